The highest BCUT2D eigenvalue weighted by Crippen LogP contribution is 2.13. The largest absolute Gasteiger partial charge is 0.340 e. The van der Waals surface area contributed by atoms with Crippen molar-refractivity contribution >= 4 is 5.95 Å². The standard InChI is InChI=1S/C15H28N4/c1-11(2)9-19(10-12(3)4)15-17-7-14(8-18-15)6-13(5)16/h7-8,11-13H,6,9-10,16H2,1-5H3. The maximum atomic E-state index is 5.79. The van der Waals surface area contributed by atoms with Crippen LogP contribution in [0.15, 0.2) is 12.4 Å². The van der Waals surface area contributed by atoms with Crippen molar-refractivity contribution in [1.82, 2.24) is 9.97 Å². The number of anilines is 1. The molecule has 0 amide bonds. The van der Waals surface area contributed by atoms with Crippen molar-refractivity contribution in [3.8, 4) is 0 Å². The van der Waals surface area contributed by atoms with Gasteiger partial charge in [0.05, 0.1) is 0 Å². The lowest BCUT2D eigenvalue weighted by Gasteiger charge is -2.26. The van der Waals surface area contributed by atoms with Crippen LogP contribution in [0.5, 0.6) is 0 Å². The van der Waals surface area contributed by atoms with E-state index in [1.807, 2.05) is 19.3 Å². The first kappa shape index (κ1) is 15.9. The van der Waals surface area contributed by atoms with E-state index in [0.717, 1.165) is 31.0 Å². The highest BCUT2D eigenvalue weighted by molar-refractivity contribution is 5.30. The van der Waals surface area contributed by atoms with Gasteiger partial charge in [-0.25, -0.2) is 9.97 Å². The van der Waals surface area contributed by atoms with E-state index in [1.54, 1.807) is 0 Å². The molecule has 0 spiro atoms. The number of hydrogen-bond donors (Lipinski definition) is 1. The second-order valence-corrected chi connectivity index (χ2v) is 6.27. The Balaban J connectivity index is 2.78. The Bertz CT molecular complexity index is 347. The van der Waals surface area contributed by atoms with E-state index < -0.39 is 0 Å². The van der Waals surface area contributed by atoms with Gasteiger partial charge in [0.1, 0.15) is 0 Å². The van der Waals surface area contributed by atoms with Crippen LogP contribution < -0.4 is 10.6 Å². The fraction of sp³-hybridized carbons (Fsp3) is 0.733. The molecule has 4 heteroatoms. The molecule has 0 aromatic carbocycles. The number of aromatic nitrogens is 2. The molecule has 1 aromatic rings. The predicted octanol–water partition coefficient (Wildman–Crippen LogP) is 2.48. The van der Waals surface area contributed by atoms with Gasteiger partial charge >= 0.3 is 0 Å². The Morgan fingerprint density at radius 3 is 1.84 bits per heavy atom. The van der Waals surface area contributed by atoms with Crippen molar-refractivity contribution < 1.29 is 0 Å². The van der Waals surface area contributed by atoms with Crippen LogP contribution >= 0.6 is 0 Å². The average Bonchev–Trinajstić information content (AvgIpc) is 2.27. The van der Waals surface area contributed by atoms with Gasteiger partial charge in [-0.2, -0.15) is 0 Å². The first-order valence-electron chi connectivity index (χ1n) is 7.20. The van der Waals surface area contributed by atoms with Gasteiger partial charge in [-0.3, -0.25) is 0 Å². The molecule has 0 fully saturated rings. The van der Waals surface area contributed by atoms with Crippen LogP contribution in [0.4, 0.5) is 5.95 Å². The normalized spacial score (nSPS) is 13.1. The minimum Gasteiger partial charge on any atom is -0.340 e. The zero-order chi connectivity index (χ0) is 14.4. The second-order valence-electron chi connectivity index (χ2n) is 6.27. The molecule has 2 N–H and O–H groups in total. The van der Waals surface area contributed by atoms with Crippen molar-refractivity contribution in [2.45, 2.75) is 47.1 Å². The van der Waals surface area contributed by atoms with E-state index in [1.165, 1.54) is 0 Å². The molecule has 0 aliphatic heterocycles. The van der Waals surface area contributed by atoms with Gasteiger partial charge in [0, 0.05) is 31.5 Å². The highest BCUT2D eigenvalue weighted by atomic mass is 15.2. The molecule has 19 heavy (non-hydrogen) atoms. The minimum absolute atomic E-state index is 0.150. The van der Waals surface area contributed by atoms with Crippen LogP contribution in [0.2, 0.25) is 0 Å². The van der Waals surface area contributed by atoms with Crippen molar-refractivity contribution in [1.29, 1.82) is 0 Å². The third-order valence-corrected chi connectivity index (χ3v) is 2.70. The number of nitrogens with zero attached hydrogens (tertiary/aromatic N) is 3. The first-order chi connectivity index (χ1) is 8.88. The van der Waals surface area contributed by atoms with Gasteiger partial charge in [0.25, 0.3) is 0 Å². The summed E-state index contributed by atoms with van der Waals surface area (Å²) in [5.41, 5.74) is 6.89. The summed E-state index contributed by atoms with van der Waals surface area (Å²) in [5.74, 6) is 2.04. The molecular weight excluding hydrogens is 236 g/mol. The molecule has 108 valence electrons. The van der Waals surface area contributed by atoms with Crippen LogP contribution in [-0.2, 0) is 6.42 Å². The van der Waals surface area contributed by atoms with Crippen LogP contribution in [0, 0.1) is 11.8 Å². The monoisotopic (exact) mass is 264 g/mol. The molecule has 1 aromatic heterocycles. The fourth-order valence-corrected chi connectivity index (χ4v) is 2.11. The fourth-order valence-electron chi connectivity index (χ4n) is 2.11. The topological polar surface area (TPSA) is 55.0 Å². The summed E-state index contributed by atoms with van der Waals surface area (Å²) >= 11 is 0. The molecule has 0 saturated heterocycles. The molecule has 4 nitrogen and oxygen atoms in total. The summed E-state index contributed by atoms with van der Waals surface area (Å²) in [6, 6.07) is 0.150. The lowest BCUT2D eigenvalue weighted by atomic mass is 10.1. The van der Waals surface area contributed by atoms with E-state index in [-0.39, 0.29) is 6.04 Å². The van der Waals surface area contributed by atoms with Crippen LogP contribution in [0.3, 0.4) is 0 Å². The van der Waals surface area contributed by atoms with Gasteiger partial charge in [-0.1, -0.05) is 27.7 Å². The smallest absolute Gasteiger partial charge is 0.225 e. The number of rotatable bonds is 7. The number of nitrogens with two attached hydrogens (primary N) is 1. The molecule has 1 atom stereocenters. The summed E-state index contributed by atoms with van der Waals surface area (Å²) in [4.78, 5) is 11.3. The Hall–Kier alpha value is -1.16. The van der Waals surface area contributed by atoms with E-state index in [9.17, 15) is 0 Å². The summed E-state index contributed by atoms with van der Waals surface area (Å²) in [5, 5.41) is 0. The lowest BCUT2D eigenvalue weighted by molar-refractivity contribution is 0.543. The molecule has 1 unspecified atom stereocenters. The van der Waals surface area contributed by atoms with Crippen LogP contribution in [0.25, 0.3) is 0 Å². The highest BCUT2D eigenvalue weighted by Gasteiger charge is 2.13. The molecule has 1 heterocycles. The second kappa shape index (κ2) is 7.43. The summed E-state index contributed by atoms with van der Waals surface area (Å²) < 4.78 is 0. The van der Waals surface area contributed by atoms with Gasteiger partial charge in [0.15, 0.2) is 0 Å². The lowest BCUT2D eigenvalue weighted by Crippen LogP contribution is -2.32. The molecule has 0 aliphatic carbocycles. The minimum atomic E-state index is 0.150. The Morgan fingerprint density at radius 2 is 1.47 bits per heavy atom. The van der Waals surface area contributed by atoms with Gasteiger partial charge < -0.3 is 10.6 Å². The third-order valence-electron chi connectivity index (χ3n) is 2.70. The summed E-state index contributed by atoms with van der Waals surface area (Å²) in [6.07, 6.45) is 4.63. The SMILES string of the molecule is CC(C)CN(CC(C)C)c1ncc(CC(C)N)cn1. The van der Waals surface area contributed by atoms with Crippen LogP contribution in [-0.4, -0.2) is 29.1 Å². The zero-order valence-electron chi connectivity index (χ0n) is 12.9. The van der Waals surface area contributed by atoms with E-state index in [4.69, 9.17) is 5.73 Å². The maximum absolute atomic E-state index is 5.79. The van der Waals surface area contributed by atoms with Gasteiger partial charge in [0.2, 0.25) is 5.95 Å². The average molecular weight is 264 g/mol. The van der Waals surface area contributed by atoms with E-state index in [2.05, 4.69) is 42.6 Å². The van der Waals surface area contributed by atoms with E-state index in [0.29, 0.717) is 11.8 Å². The molecule has 0 bridgehead atoms. The molecule has 0 aliphatic rings. The molecule has 1 rings (SSSR count). The summed E-state index contributed by atoms with van der Waals surface area (Å²) in [7, 11) is 0. The quantitative estimate of drug-likeness (QED) is 0.822. The molecule has 0 radical (unpaired) electrons. The van der Waals surface area contributed by atoms with Gasteiger partial charge in [-0.05, 0) is 30.7 Å². The van der Waals surface area contributed by atoms with Crippen molar-refractivity contribution in [2.24, 2.45) is 17.6 Å². The maximum Gasteiger partial charge on any atom is 0.225 e. The third kappa shape index (κ3) is 6.01. The van der Waals surface area contributed by atoms with Crippen LogP contribution in [0.1, 0.15) is 40.2 Å². The Kier molecular flexibility index (Phi) is 6.22. The molecule has 0 saturated carbocycles. The van der Waals surface area contributed by atoms with Crippen molar-refractivity contribution in [3.63, 3.8) is 0 Å². The van der Waals surface area contributed by atoms with Crippen molar-refractivity contribution in [2.75, 3.05) is 18.0 Å². The van der Waals surface area contributed by atoms with Gasteiger partial charge in [-0.15, -0.1) is 0 Å². The van der Waals surface area contributed by atoms with Crippen molar-refractivity contribution in [3.05, 3.63) is 18.0 Å². The Morgan fingerprint density at radius 1 is 1.00 bits per heavy atom. The Labute approximate surface area is 117 Å². The van der Waals surface area contributed by atoms with E-state index >= 15 is 0 Å². The number of hydrogen-bond acceptors (Lipinski definition) is 4. The predicted molar refractivity (Wildman–Crippen MR) is 81.3 cm³/mol. The zero-order valence-corrected chi connectivity index (χ0v) is 12.9. The molecular formula is C15H28N4. The summed E-state index contributed by atoms with van der Waals surface area (Å²) in [6.45, 7) is 12.9. The first-order valence-corrected chi connectivity index (χ1v) is 7.20.